The van der Waals surface area contributed by atoms with E-state index in [2.05, 4.69) is 49.2 Å². The van der Waals surface area contributed by atoms with Gasteiger partial charge in [-0.3, -0.25) is 9.78 Å². The van der Waals surface area contributed by atoms with Crippen molar-refractivity contribution in [1.82, 2.24) is 9.88 Å². The summed E-state index contributed by atoms with van der Waals surface area (Å²) in [4.78, 5) is 20.1. The van der Waals surface area contributed by atoms with Crippen LogP contribution in [0, 0.1) is 20.8 Å². The van der Waals surface area contributed by atoms with E-state index < -0.39 is 0 Å². The van der Waals surface area contributed by atoms with Crippen molar-refractivity contribution in [2.24, 2.45) is 0 Å². The van der Waals surface area contributed by atoms with Crippen LogP contribution in [0.2, 0.25) is 0 Å². The van der Waals surface area contributed by atoms with E-state index in [1.165, 1.54) is 11.1 Å². The third-order valence-corrected chi connectivity index (χ3v) is 5.74. The molecule has 1 saturated heterocycles. The van der Waals surface area contributed by atoms with Gasteiger partial charge in [-0.2, -0.15) is 0 Å². The lowest BCUT2D eigenvalue weighted by Crippen LogP contribution is -2.39. The Morgan fingerprint density at radius 1 is 1.04 bits per heavy atom. The monoisotopic (exact) mass is 358 g/mol. The number of fused-ring (bicyclic) bond motifs is 1. The van der Waals surface area contributed by atoms with Gasteiger partial charge >= 0.3 is 0 Å². The lowest BCUT2D eigenvalue weighted by atomic mass is 9.87. The van der Waals surface area contributed by atoms with E-state index in [-0.39, 0.29) is 5.91 Å². The van der Waals surface area contributed by atoms with Crippen molar-refractivity contribution < 1.29 is 4.79 Å². The van der Waals surface area contributed by atoms with Gasteiger partial charge in [-0.1, -0.05) is 42.5 Å². The quantitative estimate of drug-likeness (QED) is 0.632. The summed E-state index contributed by atoms with van der Waals surface area (Å²) in [5.74, 6) is 0.550. The molecule has 1 atom stereocenters. The van der Waals surface area contributed by atoms with Gasteiger partial charge in [0.2, 0.25) is 0 Å². The molecule has 1 aliphatic heterocycles. The van der Waals surface area contributed by atoms with E-state index in [1.807, 2.05) is 30.0 Å². The van der Waals surface area contributed by atoms with Crippen LogP contribution < -0.4 is 0 Å². The Kier molecular flexibility index (Phi) is 4.69. The maximum absolute atomic E-state index is 13.4. The van der Waals surface area contributed by atoms with Crippen LogP contribution in [0.25, 0.3) is 10.9 Å². The Balaban J connectivity index is 1.68. The van der Waals surface area contributed by atoms with Gasteiger partial charge in [0, 0.05) is 30.1 Å². The predicted molar refractivity (Wildman–Crippen MR) is 110 cm³/mol. The molecule has 1 aromatic heterocycles. The van der Waals surface area contributed by atoms with Crippen LogP contribution in [0.3, 0.4) is 0 Å². The number of aromatic nitrogens is 1. The standard InChI is InChI=1S/C24H26N2O/c1-16-8-4-5-11-20(16)19-10-7-13-26(15-19)24(27)22-14-18(3)25-23-17(2)9-6-12-21(22)23/h4-6,8-9,11-12,14,19H,7,10,13,15H2,1-3H3/t19-/m0/s1. The fourth-order valence-electron chi connectivity index (χ4n) is 4.33. The molecular formula is C24H26N2O. The Morgan fingerprint density at radius 2 is 1.81 bits per heavy atom. The molecule has 0 saturated carbocycles. The molecule has 1 aliphatic rings. The van der Waals surface area contributed by atoms with Crippen molar-refractivity contribution in [3.63, 3.8) is 0 Å². The number of likely N-dealkylation sites (tertiary alicyclic amines) is 1. The number of hydrogen-bond acceptors (Lipinski definition) is 2. The molecule has 138 valence electrons. The third kappa shape index (κ3) is 3.34. The summed E-state index contributed by atoms with van der Waals surface area (Å²) in [6, 6.07) is 16.6. The lowest BCUT2D eigenvalue weighted by molar-refractivity contribution is 0.0708. The molecule has 3 aromatic rings. The Hall–Kier alpha value is -2.68. The maximum Gasteiger partial charge on any atom is 0.254 e. The van der Waals surface area contributed by atoms with Gasteiger partial charge < -0.3 is 4.90 Å². The second kappa shape index (κ2) is 7.15. The van der Waals surface area contributed by atoms with Crippen LogP contribution in [0.1, 0.15) is 51.5 Å². The van der Waals surface area contributed by atoms with E-state index in [0.29, 0.717) is 5.92 Å². The number of pyridine rings is 1. The molecule has 4 rings (SSSR count). The SMILES string of the molecule is Cc1cc(C(=O)N2CCC[C@H](c3ccccc3C)C2)c2cccc(C)c2n1. The first-order valence-electron chi connectivity index (χ1n) is 9.76. The first-order chi connectivity index (χ1) is 13.0. The molecule has 0 N–H and O–H groups in total. The minimum atomic E-state index is 0.134. The molecule has 1 amide bonds. The molecule has 0 unspecified atom stereocenters. The van der Waals surface area contributed by atoms with Gasteiger partial charge in [0.05, 0.1) is 11.1 Å². The summed E-state index contributed by atoms with van der Waals surface area (Å²) in [7, 11) is 0. The van der Waals surface area contributed by atoms with Crippen molar-refractivity contribution in [2.45, 2.75) is 39.5 Å². The van der Waals surface area contributed by atoms with Gasteiger partial charge in [0.1, 0.15) is 0 Å². The highest BCUT2D eigenvalue weighted by atomic mass is 16.2. The van der Waals surface area contributed by atoms with Gasteiger partial charge in [-0.25, -0.2) is 0 Å². The largest absolute Gasteiger partial charge is 0.338 e. The zero-order valence-electron chi connectivity index (χ0n) is 16.3. The van der Waals surface area contributed by atoms with Crippen molar-refractivity contribution >= 4 is 16.8 Å². The zero-order valence-corrected chi connectivity index (χ0v) is 16.3. The Morgan fingerprint density at radius 3 is 2.63 bits per heavy atom. The third-order valence-electron chi connectivity index (χ3n) is 5.74. The van der Waals surface area contributed by atoms with E-state index in [0.717, 1.165) is 53.7 Å². The molecule has 0 bridgehead atoms. The average Bonchev–Trinajstić information content (AvgIpc) is 2.68. The summed E-state index contributed by atoms with van der Waals surface area (Å²) in [5, 5.41) is 0.962. The summed E-state index contributed by atoms with van der Waals surface area (Å²) in [6.07, 6.45) is 2.19. The number of piperidine rings is 1. The summed E-state index contributed by atoms with van der Waals surface area (Å²) in [5.41, 5.74) is 6.42. The van der Waals surface area contributed by atoms with E-state index in [4.69, 9.17) is 0 Å². The summed E-state index contributed by atoms with van der Waals surface area (Å²) < 4.78 is 0. The number of benzene rings is 2. The second-order valence-corrected chi connectivity index (χ2v) is 7.73. The van der Waals surface area contributed by atoms with Gasteiger partial charge in [0.25, 0.3) is 5.91 Å². The molecule has 3 nitrogen and oxygen atoms in total. The number of rotatable bonds is 2. The number of carbonyl (C=O) groups is 1. The van der Waals surface area contributed by atoms with Gasteiger partial charge in [-0.15, -0.1) is 0 Å². The highest BCUT2D eigenvalue weighted by molar-refractivity contribution is 6.06. The number of nitrogens with zero attached hydrogens (tertiary/aromatic N) is 2. The summed E-state index contributed by atoms with van der Waals surface area (Å²) >= 11 is 0. The second-order valence-electron chi connectivity index (χ2n) is 7.73. The first kappa shape index (κ1) is 17.7. The first-order valence-corrected chi connectivity index (χ1v) is 9.76. The van der Waals surface area contributed by atoms with E-state index in [9.17, 15) is 4.79 Å². The van der Waals surface area contributed by atoms with Gasteiger partial charge in [-0.05, 0) is 56.4 Å². The number of aryl methyl sites for hydroxylation is 3. The van der Waals surface area contributed by atoms with Crippen molar-refractivity contribution in [1.29, 1.82) is 0 Å². The lowest BCUT2D eigenvalue weighted by Gasteiger charge is -2.34. The van der Waals surface area contributed by atoms with Gasteiger partial charge in [0.15, 0.2) is 0 Å². The average molecular weight is 358 g/mol. The van der Waals surface area contributed by atoms with Crippen molar-refractivity contribution in [2.75, 3.05) is 13.1 Å². The predicted octanol–water partition coefficient (Wildman–Crippen LogP) is 5.18. The zero-order chi connectivity index (χ0) is 19.0. The van der Waals surface area contributed by atoms with E-state index >= 15 is 0 Å². The maximum atomic E-state index is 13.4. The van der Waals surface area contributed by atoms with E-state index in [1.54, 1.807) is 0 Å². The Labute approximate surface area is 161 Å². The topological polar surface area (TPSA) is 33.2 Å². The molecule has 27 heavy (non-hydrogen) atoms. The number of amides is 1. The highest BCUT2D eigenvalue weighted by Crippen LogP contribution is 2.31. The smallest absolute Gasteiger partial charge is 0.254 e. The molecular weight excluding hydrogens is 332 g/mol. The Bertz CT molecular complexity index is 1010. The molecule has 1 fully saturated rings. The fraction of sp³-hybridized carbons (Fsp3) is 0.333. The highest BCUT2D eigenvalue weighted by Gasteiger charge is 2.27. The number of para-hydroxylation sites is 1. The van der Waals surface area contributed by atoms with Crippen molar-refractivity contribution in [3.05, 3.63) is 76.5 Å². The van der Waals surface area contributed by atoms with Crippen LogP contribution in [0.15, 0.2) is 48.5 Å². The summed E-state index contributed by atoms with van der Waals surface area (Å²) in [6.45, 7) is 7.81. The van der Waals surface area contributed by atoms with Crippen LogP contribution in [0.5, 0.6) is 0 Å². The minimum Gasteiger partial charge on any atom is -0.338 e. The number of carbonyl (C=O) groups excluding carboxylic acids is 1. The fourth-order valence-corrected chi connectivity index (χ4v) is 4.33. The molecule has 0 aliphatic carbocycles. The van der Waals surface area contributed by atoms with Crippen LogP contribution >= 0.6 is 0 Å². The van der Waals surface area contributed by atoms with Crippen LogP contribution in [-0.4, -0.2) is 28.9 Å². The molecule has 0 spiro atoms. The van der Waals surface area contributed by atoms with Crippen LogP contribution in [-0.2, 0) is 0 Å². The van der Waals surface area contributed by atoms with Crippen molar-refractivity contribution in [3.8, 4) is 0 Å². The number of hydrogen-bond donors (Lipinski definition) is 0. The minimum absolute atomic E-state index is 0.134. The van der Waals surface area contributed by atoms with Crippen LogP contribution in [0.4, 0.5) is 0 Å². The molecule has 2 heterocycles. The normalized spacial score (nSPS) is 17.3. The molecule has 3 heteroatoms. The molecule has 2 aromatic carbocycles. The molecule has 0 radical (unpaired) electrons.